The lowest BCUT2D eigenvalue weighted by atomic mass is 9.94. The molecular weight excluding hydrogens is 314 g/mol. The Morgan fingerprint density at radius 1 is 1.43 bits per heavy atom. The van der Waals surface area contributed by atoms with Crippen molar-refractivity contribution in [2.45, 2.75) is 19.9 Å². The number of rotatable bonds is 5. The maximum atomic E-state index is 12.2. The standard InChI is InChI=1S/C17H22ClN3O2/c1-17(2,12-19)16(22)20-11-15(21-7-9-23-10-8-21)13-5-3-4-6-14(13)18/h3-6,15H,7-11H2,1-2H3,(H,20,22). The van der Waals surface area contributed by atoms with Crippen molar-refractivity contribution in [3.63, 3.8) is 0 Å². The third-order valence-electron chi connectivity index (χ3n) is 4.05. The Labute approximate surface area is 142 Å². The monoisotopic (exact) mass is 335 g/mol. The van der Waals surface area contributed by atoms with E-state index in [2.05, 4.69) is 10.2 Å². The molecule has 1 aliphatic heterocycles. The van der Waals surface area contributed by atoms with E-state index in [1.54, 1.807) is 13.8 Å². The van der Waals surface area contributed by atoms with Gasteiger partial charge in [-0.1, -0.05) is 29.8 Å². The van der Waals surface area contributed by atoms with Crippen molar-refractivity contribution < 1.29 is 9.53 Å². The Balaban J connectivity index is 2.16. The van der Waals surface area contributed by atoms with Gasteiger partial charge >= 0.3 is 0 Å². The summed E-state index contributed by atoms with van der Waals surface area (Å²) in [7, 11) is 0. The van der Waals surface area contributed by atoms with Gasteiger partial charge in [-0.15, -0.1) is 0 Å². The number of halogens is 1. The van der Waals surface area contributed by atoms with Crippen LogP contribution in [0.1, 0.15) is 25.5 Å². The molecule has 1 heterocycles. The summed E-state index contributed by atoms with van der Waals surface area (Å²) in [5.74, 6) is -0.273. The number of hydrogen-bond acceptors (Lipinski definition) is 4. The summed E-state index contributed by atoms with van der Waals surface area (Å²) in [5.41, 5.74) is -0.0677. The first-order valence-electron chi connectivity index (χ1n) is 7.71. The van der Waals surface area contributed by atoms with Crippen molar-refractivity contribution in [2.75, 3.05) is 32.8 Å². The average Bonchev–Trinajstić information content (AvgIpc) is 2.57. The van der Waals surface area contributed by atoms with E-state index in [1.165, 1.54) is 0 Å². The van der Waals surface area contributed by atoms with Gasteiger partial charge in [0.2, 0.25) is 5.91 Å². The highest BCUT2D eigenvalue weighted by Crippen LogP contribution is 2.28. The number of hydrogen-bond donors (Lipinski definition) is 1. The molecule has 1 aliphatic rings. The number of nitriles is 1. The van der Waals surface area contributed by atoms with E-state index < -0.39 is 5.41 Å². The fourth-order valence-corrected chi connectivity index (χ4v) is 2.79. The van der Waals surface area contributed by atoms with Crippen LogP contribution in [0.15, 0.2) is 24.3 Å². The first kappa shape index (κ1) is 17.7. The van der Waals surface area contributed by atoms with Gasteiger partial charge in [0.15, 0.2) is 0 Å². The van der Waals surface area contributed by atoms with Gasteiger partial charge in [0, 0.05) is 24.7 Å². The lowest BCUT2D eigenvalue weighted by Crippen LogP contribution is -2.46. The largest absolute Gasteiger partial charge is 0.379 e. The van der Waals surface area contributed by atoms with Crippen molar-refractivity contribution in [3.05, 3.63) is 34.9 Å². The van der Waals surface area contributed by atoms with Gasteiger partial charge < -0.3 is 10.1 Å². The van der Waals surface area contributed by atoms with Crippen LogP contribution in [0, 0.1) is 16.7 Å². The average molecular weight is 336 g/mol. The van der Waals surface area contributed by atoms with Crippen LogP contribution in [-0.4, -0.2) is 43.7 Å². The molecule has 0 aliphatic carbocycles. The predicted molar refractivity (Wildman–Crippen MR) is 89.0 cm³/mol. The molecule has 1 unspecified atom stereocenters. The molecule has 1 saturated heterocycles. The minimum atomic E-state index is -1.05. The van der Waals surface area contributed by atoms with Gasteiger partial charge in [-0.2, -0.15) is 5.26 Å². The molecular formula is C17H22ClN3O2. The summed E-state index contributed by atoms with van der Waals surface area (Å²) in [5, 5.41) is 12.7. The predicted octanol–water partition coefficient (Wildman–Crippen LogP) is 2.38. The Morgan fingerprint density at radius 3 is 2.70 bits per heavy atom. The lowest BCUT2D eigenvalue weighted by Gasteiger charge is -2.35. The zero-order valence-corrected chi connectivity index (χ0v) is 14.3. The normalized spacial score (nSPS) is 17.3. The van der Waals surface area contributed by atoms with E-state index in [1.807, 2.05) is 30.3 Å². The molecule has 5 nitrogen and oxygen atoms in total. The third kappa shape index (κ3) is 4.44. The second-order valence-electron chi connectivity index (χ2n) is 6.13. The summed E-state index contributed by atoms with van der Waals surface area (Å²) in [4.78, 5) is 14.4. The molecule has 1 amide bonds. The van der Waals surface area contributed by atoms with Gasteiger partial charge in [-0.3, -0.25) is 9.69 Å². The number of carbonyl (C=O) groups is 1. The number of nitrogens with zero attached hydrogens (tertiary/aromatic N) is 2. The highest BCUT2D eigenvalue weighted by Gasteiger charge is 2.30. The van der Waals surface area contributed by atoms with Gasteiger partial charge in [0.25, 0.3) is 0 Å². The minimum Gasteiger partial charge on any atom is -0.379 e. The number of ether oxygens (including phenoxy) is 1. The van der Waals surface area contributed by atoms with Gasteiger partial charge in [0.05, 0.1) is 25.3 Å². The van der Waals surface area contributed by atoms with Crippen molar-refractivity contribution in [2.24, 2.45) is 5.41 Å². The maximum absolute atomic E-state index is 12.2. The first-order chi connectivity index (χ1) is 11.0. The zero-order chi connectivity index (χ0) is 16.9. The maximum Gasteiger partial charge on any atom is 0.239 e. The van der Waals surface area contributed by atoms with Crippen molar-refractivity contribution in [3.8, 4) is 6.07 Å². The van der Waals surface area contributed by atoms with Crippen LogP contribution in [-0.2, 0) is 9.53 Å². The molecule has 0 radical (unpaired) electrons. The number of benzene rings is 1. The van der Waals surface area contributed by atoms with Crippen LogP contribution >= 0.6 is 11.6 Å². The van der Waals surface area contributed by atoms with Crippen LogP contribution in [0.4, 0.5) is 0 Å². The van der Waals surface area contributed by atoms with Gasteiger partial charge in [-0.25, -0.2) is 0 Å². The topological polar surface area (TPSA) is 65.4 Å². The van der Waals surface area contributed by atoms with Crippen molar-refractivity contribution in [1.82, 2.24) is 10.2 Å². The van der Waals surface area contributed by atoms with E-state index in [4.69, 9.17) is 21.6 Å². The highest BCUT2D eigenvalue weighted by molar-refractivity contribution is 6.31. The molecule has 1 fully saturated rings. The number of carbonyl (C=O) groups excluding carboxylic acids is 1. The molecule has 0 aromatic heterocycles. The van der Waals surface area contributed by atoms with Crippen LogP contribution < -0.4 is 5.32 Å². The summed E-state index contributed by atoms with van der Waals surface area (Å²) in [6, 6.07) is 9.65. The van der Waals surface area contributed by atoms with Crippen LogP contribution in [0.2, 0.25) is 5.02 Å². The fourth-order valence-electron chi connectivity index (χ4n) is 2.53. The Hall–Kier alpha value is -1.61. The Bertz CT molecular complexity index is 592. The quantitative estimate of drug-likeness (QED) is 0.897. The molecule has 1 aromatic rings. The molecule has 124 valence electrons. The molecule has 1 atom stereocenters. The van der Waals surface area contributed by atoms with Gasteiger partial charge in [-0.05, 0) is 25.5 Å². The van der Waals surface area contributed by atoms with Crippen molar-refractivity contribution in [1.29, 1.82) is 5.26 Å². The van der Waals surface area contributed by atoms with E-state index >= 15 is 0 Å². The first-order valence-corrected chi connectivity index (χ1v) is 8.09. The SMILES string of the molecule is CC(C)(C#N)C(=O)NCC(c1ccccc1Cl)N1CCOCC1. The number of morpholine rings is 1. The van der Waals surface area contributed by atoms with E-state index in [0.717, 1.165) is 18.7 Å². The van der Waals surface area contributed by atoms with Crippen LogP contribution in [0.5, 0.6) is 0 Å². The van der Waals surface area contributed by atoms with E-state index in [-0.39, 0.29) is 11.9 Å². The molecule has 6 heteroatoms. The molecule has 2 rings (SSSR count). The lowest BCUT2D eigenvalue weighted by molar-refractivity contribution is -0.127. The fraction of sp³-hybridized carbons (Fsp3) is 0.529. The molecule has 0 bridgehead atoms. The van der Waals surface area contributed by atoms with Gasteiger partial charge in [0.1, 0.15) is 5.41 Å². The van der Waals surface area contributed by atoms with Crippen LogP contribution in [0.25, 0.3) is 0 Å². The zero-order valence-electron chi connectivity index (χ0n) is 13.5. The molecule has 1 aromatic carbocycles. The van der Waals surface area contributed by atoms with Crippen LogP contribution in [0.3, 0.4) is 0 Å². The second kappa shape index (κ2) is 7.78. The summed E-state index contributed by atoms with van der Waals surface area (Å²) >= 11 is 6.35. The minimum absolute atomic E-state index is 0.0361. The highest BCUT2D eigenvalue weighted by atomic mass is 35.5. The third-order valence-corrected chi connectivity index (χ3v) is 4.40. The summed E-state index contributed by atoms with van der Waals surface area (Å²) in [6.07, 6.45) is 0. The second-order valence-corrected chi connectivity index (χ2v) is 6.54. The number of nitrogens with one attached hydrogen (secondary N) is 1. The number of amides is 1. The molecule has 0 saturated carbocycles. The molecule has 0 spiro atoms. The Morgan fingerprint density at radius 2 is 2.09 bits per heavy atom. The molecule has 23 heavy (non-hydrogen) atoms. The summed E-state index contributed by atoms with van der Waals surface area (Å²) in [6.45, 7) is 6.54. The summed E-state index contributed by atoms with van der Waals surface area (Å²) < 4.78 is 5.41. The van der Waals surface area contributed by atoms with Crippen molar-refractivity contribution >= 4 is 17.5 Å². The smallest absolute Gasteiger partial charge is 0.239 e. The van der Waals surface area contributed by atoms with E-state index in [0.29, 0.717) is 24.8 Å². The molecule has 1 N–H and O–H groups in total. The van der Waals surface area contributed by atoms with E-state index in [9.17, 15) is 4.79 Å². The Kier molecular flexibility index (Phi) is 6.00.